The number of likely N-dealkylation sites (N-methyl/N-ethyl adjacent to an activating group) is 1. The molecule has 0 spiro atoms. The zero-order valence-electron chi connectivity index (χ0n) is 19.7. The van der Waals surface area contributed by atoms with Crippen LogP contribution in [0.25, 0.3) is 0 Å². The second-order valence-corrected chi connectivity index (χ2v) is 9.35. The molecule has 2 aromatic carbocycles. The second-order valence-electron chi connectivity index (χ2n) is 8.11. The molecule has 0 aliphatic carbocycles. The van der Waals surface area contributed by atoms with Gasteiger partial charge >= 0.3 is 0 Å². The molecule has 3 aromatic rings. The number of anilines is 4. The Morgan fingerprint density at radius 2 is 1.89 bits per heavy atom. The minimum Gasteiger partial charge on any atom is -0.494 e. The molecule has 0 fully saturated rings. The van der Waals surface area contributed by atoms with Crippen LogP contribution in [0.5, 0.6) is 5.75 Å². The van der Waals surface area contributed by atoms with Crippen molar-refractivity contribution in [2.75, 3.05) is 37.4 Å². The van der Waals surface area contributed by atoms with Crippen molar-refractivity contribution in [1.29, 1.82) is 0 Å². The van der Waals surface area contributed by atoms with Gasteiger partial charge in [-0.25, -0.2) is 18.1 Å². The lowest BCUT2D eigenvalue weighted by Crippen LogP contribution is -2.25. The third-order valence-corrected chi connectivity index (χ3v) is 6.74. The summed E-state index contributed by atoms with van der Waals surface area (Å²) >= 11 is 6.37. The summed E-state index contributed by atoms with van der Waals surface area (Å²) in [4.78, 5) is 11.3. The number of hydrogen-bond donors (Lipinski definition) is 4. The average molecular weight is 517 g/mol. The maximum Gasteiger partial charge on any atom is 0.229 e. The van der Waals surface area contributed by atoms with Crippen molar-refractivity contribution in [3.63, 3.8) is 0 Å². The van der Waals surface area contributed by atoms with Crippen molar-refractivity contribution in [3.05, 3.63) is 64.3 Å². The smallest absolute Gasteiger partial charge is 0.229 e. The number of para-hydroxylation sites is 1. The van der Waals surface area contributed by atoms with E-state index in [0.717, 1.165) is 49.5 Å². The number of benzene rings is 2. The highest BCUT2D eigenvalue weighted by Gasteiger charge is 2.20. The Morgan fingerprint density at radius 3 is 2.66 bits per heavy atom. The normalized spacial score (nSPS) is 13.8. The highest BCUT2D eigenvalue weighted by molar-refractivity contribution is 7.70. The molecule has 1 aliphatic heterocycles. The van der Waals surface area contributed by atoms with Crippen molar-refractivity contribution >= 4 is 45.6 Å². The van der Waals surface area contributed by atoms with Crippen molar-refractivity contribution in [2.45, 2.75) is 26.3 Å². The van der Waals surface area contributed by atoms with Crippen molar-refractivity contribution in [2.24, 2.45) is 0 Å². The van der Waals surface area contributed by atoms with Gasteiger partial charge in [-0.05, 0) is 42.6 Å². The number of thiol groups is 1. The van der Waals surface area contributed by atoms with E-state index in [1.54, 1.807) is 7.11 Å². The minimum absolute atomic E-state index is 0.150. The number of rotatable bonds is 9. The summed E-state index contributed by atoms with van der Waals surface area (Å²) in [5.74, 6) is 1.56. The first-order valence-corrected chi connectivity index (χ1v) is 13.0. The molecule has 35 heavy (non-hydrogen) atoms. The summed E-state index contributed by atoms with van der Waals surface area (Å²) in [5.41, 5.74) is 4.73. The quantitative estimate of drug-likeness (QED) is 0.319. The summed E-state index contributed by atoms with van der Waals surface area (Å²) in [7, 11) is -1.02. The van der Waals surface area contributed by atoms with Gasteiger partial charge in [-0.2, -0.15) is 4.98 Å². The first-order valence-electron chi connectivity index (χ1n) is 11.4. The van der Waals surface area contributed by atoms with E-state index >= 15 is 0 Å². The maximum atomic E-state index is 10.9. The third kappa shape index (κ3) is 6.21. The molecule has 0 radical (unpaired) electrons. The van der Waals surface area contributed by atoms with Crippen LogP contribution in [0.2, 0.25) is 5.02 Å². The van der Waals surface area contributed by atoms with Crippen LogP contribution in [0.1, 0.15) is 23.6 Å². The van der Waals surface area contributed by atoms with Crippen LogP contribution >= 0.6 is 11.6 Å². The average Bonchev–Trinajstić information content (AvgIpc) is 3.07. The van der Waals surface area contributed by atoms with Gasteiger partial charge in [-0.15, -0.1) is 0 Å². The Hall–Kier alpha value is -2.92. The van der Waals surface area contributed by atoms with Crippen LogP contribution in [0.3, 0.4) is 0 Å². The Kier molecular flexibility index (Phi) is 8.40. The number of halogens is 1. The molecule has 0 saturated carbocycles. The Labute approximate surface area is 212 Å². The van der Waals surface area contributed by atoms with Crippen molar-refractivity contribution in [1.82, 2.24) is 19.6 Å². The van der Waals surface area contributed by atoms with Gasteiger partial charge in [-0.1, -0.05) is 42.8 Å². The van der Waals surface area contributed by atoms with Crippen LogP contribution in [-0.4, -0.2) is 50.0 Å². The highest BCUT2D eigenvalue weighted by atomic mass is 35.5. The van der Waals surface area contributed by atoms with Gasteiger partial charge in [0.05, 0.1) is 19.0 Å². The molecule has 9 nitrogen and oxygen atoms in total. The summed E-state index contributed by atoms with van der Waals surface area (Å²) in [6.45, 7) is 5.40. The largest absolute Gasteiger partial charge is 0.494 e. The number of aromatic nitrogens is 2. The SMILES string of the molecule is CCN1CCc2ccc(Nc3ncc(Cl)c(Nc4ccccc4CN[SH](=O)=O)n3)c(OC)c2CC1. The zero-order valence-corrected chi connectivity index (χ0v) is 21.3. The molecule has 0 unspecified atom stereocenters. The molecular formula is C24H29ClN6O3S. The molecule has 2 heterocycles. The molecular weight excluding hydrogens is 488 g/mol. The van der Waals surface area contributed by atoms with Crippen LogP contribution in [0, 0.1) is 0 Å². The second kappa shape index (κ2) is 11.7. The molecule has 0 bridgehead atoms. The highest BCUT2D eigenvalue weighted by Crippen LogP contribution is 2.35. The first kappa shape index (κ1) is 25.2. The maximum absolute atomic E-state index is 10.9. The lowest BCUT2D eigenvalue weighted by molar-refractivity contribution is 0.302. The summed E-state index contributed by atoms with van der Waals surface area (Å²) in [6, 6.07) is 11.5. The minimum atomic E-state index is -2.70. The van der Waals surface area contributed by atoms with Crippen LogP contribution in [0.4, 0.5) is 23.1 Å². The Bertz CT molecular complexity index is 1260. The molecule has 11 heteroatoms. The summed E-state index contributed by atoms with van der Waals surface area (Å²) < 4.78 is 30.1. The molecule has 0 saturated heterocycles. The molecule has 1 aliphatic rings. The lowest BCUT2D eigenvalue weighted by Gasteiger charge is -2.18. The van der Waals surface area contributed by atoms with Crippen molar-refractivity contribution < 1.29 is 13.2 Å². The number of ether oxygens (including phenoxy) is 1. The Morgan fingerprint density at radius 1 is 1.09 bits per heavy atom. The van der Waals surface area contributed by atoms with Gasteiger partial charge < -0.3 is 20.3 Å². The summed E-state index contributed by atoms with van der Waals surface area (Å²) in [6.07, 6.45) is 3.42. The van der Waals surface area contributed by atoms with Gasteiger partial charge in [0.15, 0.2) is 5.82 Å². The number of methoxy groups -OCH3 is 1. The van der Waals surface area contributed by atoms with E-state index in [9.17, 15) is 8.42 Å². The fraction of sp³-hybridized carbons (Fsp3) is 0.333. The topological polar surface area (TPSA) is 108 Å². The van der Waals surface area contributed by atoms with E-state index in [0.29, 0.717) is 22.5 Å². The summed E-state index contributed by atoms with van der Waals surface area (Å²) in [5, 5.41) is 6.80. The van der Waals surface area contributed by atoms with E-state index in [4.69, 9.17) is 16.3 Å². The predicted octanol–water partition coefficient (Wildman–Crippen LogP) is 3.66. The van der Waals surface area contributed by atoms with Gasteiger partial charge in [0.25, 0.3) is 0 Å². The standard InChI is InChI=1S/C24H29ClN6O3S/c1-3-31-12-10-16-8-9-21(22(34-2)18(16)11-13-31)29-24-26-15-19(25)23(30-24)28-20-7-5-4-6-17(20)14-27-35(32)33/h4-9,15,35H,3,10-14H2,1-2H3,(H,27,32,33)(H2,26,28,29,30). The fourth-order valence-electron chi connectivity index (χ4n) is 4.19. The van der Waals surface area contributed by atoms with E-state index in [1.165, 1.54) is 17.3 Å². The van der Waals surface area contributed by atoms with Gasteiger partial charge in [0, 0.05) is 30.9 Å². The van der Waals surface area contributed by atoms with Gasteiger partial charge in [0.1, 0.15) is 10.8 Å². The number of nitrogens with one attached hydrogen (secondary N) is 3. The third-order valence-electron chi connectivity index (χ3n) is 6.04. The number of fused-ring (bicyclic) bond motifs is 1. The monoisotopic (exact) mass is 516 g/mol. The molecule has 3 N–H and O–H groups in total. The number of nitrogens with zero attached hydrogens (tertiary/aromatic N) is 3. The molecule has 186 valence electrons. The van der Waals surface area contributed by atoms with E-state index in [-0.39, 0.29) is 6.54 Å². The fourth-order valence-corrected chi connectivity index (χ4v) is 4.63. The molecule has 1 aromatic heterocycles. The zero-order chi connectivity index (χ0) is 24.8. The van der Waals surface area contributed by atoms with Crippen molar-refractivity contribution in [3.8, 4) is 5.75 Å². The first-order chi connectivity index (χ1) is 17.0. The predicted molar refractivity (Wildman–Crippen MR) is 140 cm³/mol. The molecule has 0 atom stereocenters. The van der Waals surface area contributed by atoms with E-state index < -0.39 is 10.9 Å². The van der Waals surface area contributed by atoms with E-state index in [2.05, 4.69) is 43.2 Å². The molecule has 4 rings (SSSR count). The van der Waals surface area contributed by atoms with Crippen LogP contribution < -0.4 is 20.1 Å². The van der Waals surface area contributed by atoms with E-state index in [1.807, 2.05) is 30.3 Å². The molecule has 0 amide bonds. The van der Waals surface area contributed by atoms with Gasteiger partial charge in [0.2, 0.25) is 16.8 Å². The van der Waals surface area contributed by atoms with Gasteiger partial charge in [-0.3, -0.25) is 0 Å². The lowest BCUT2D eigenvalue weighted by atomic mass is 10.0. The number of hydrogen-bond acceptors (Lipinski definition) is 8. The Balaban J connectivity index is 1.59. The van der Waals surface area contributed by atoms with Crippen LogP contribution in [-0.2, 0) is 30.3 Å². The van der Waals surface area contributed by atoms with Crippen LogP contribution in [0.15, 0.2) is 42.6 Å².